The van der Waals surface area contributed by atoms with Gasteiger partial charge in [0.15, 0.2) is 9.84 Å². The second-order valence-electron chi connectivity index (χ2n) is 4.27. The molecular formula is C13H19NO2S. The van der Waals surface area contributed by atoms with Crippen LogP contribution in [-0.2, 0) is 16.4 Å². The number of hydrogen-bond donors (Lipinski definition) is 1. The minimum absolute atomic E-state index is 0.0300. The highest BCUT2D eigenvalue weighted by atomic mass is 32.2. The quantitative estimate of drug-likeness (QED) is 0.818. The standard InChI is InChI=1S/C13H19NO2S/c1-11(2)6-5-9-17(15,16)13-8-4-3-7-12(13)10-14/h3-8,11H,9-10,14H2,1-2H3. The van der Waals surface area contributed by atoms with Crippen LogP contribution >= 0.6 is 0 Å². The summed E-state index contributed by atoms with van der Waals surface area (Å²) in [6.45, 7) is 4.26. The molecular weight excluding hydrogens is 234 g/mol. The van der Waals surface area contributed by atoms with Crippen LogP contribution in [0.2, 0.25) is 0 Å². The van der Waals surface area contributed by atoms with Crippen LogP contribution in [0, 0.1) is 5.92 Å². The number of sulfone groups is 1. The van der Waals surface area contributed by atoms with Crippen LogP contribution in [0.15, 0.2) is 41.3 Å². The van der Waals surface area contributed by atoms with E-state index in [-0.39, 0.29) is 12.3 Å². The zero-order chi connectivity index (χ0) is 12.9. The Morgan fingerprint density at radius 1 is 1.29 bits per heavy atom. The van der Waals surface area contributed by atoms with Crippen LogP contribution in [0.1, 0.15) is 19.4 Å². The summed E-state index contributed by atoms with van der Waals surface area (Å²) in [5, 5.41) is 0. The van der Waals surface area contributed by atoms with E-state index >= 15 is 0 Å². The largest absolute Gasteiger partial charge is 0.326 e. The Morgan fingerprint density at radius 3 is 2.53 bits per heavy atom. The van der Waals surface area contributed by atoms with Crippen molar-refractivity contribution >= 4 is 9.84 Å². The number of benzene rings is 1. The zero-order valence-corrected chi connectivity index (χ0v) is 11.1. The Balaban J connectivity index is 2.97. The maximum absolute atomic E-state index is 12.1. The molecule has 94 valence electrons. The molecule has 0 saturated heterocycles. The van der Waals surface area contributed by atoms with Crippen LogP contribution in [0.5, 0.6) is 0 Å². The highest BCUT2D eigenvalue weighted by Crippen LogP contribution is 2.16. The van der Waals surface area contributed by atoms with Gasteiger partial charge < -0.3 is 5.73 Å². The minimum atomic E-state index is -3.27. The molecule has 1 rings (SSSR count). The number of allylic oxidation sites excluding steroid dienone is 1. The van der Waals surface area contributed by atoms with Crippen LogP contribution in [-0.4, -0.2) is 14.2 Å². The van der Waals surface area contributed by atoms with E-state index in [9.17, 15) is 8.42 Å². The van der Waals surface area contributed by atoms with Crippen LogP contribution in [0.4, 0.5) is 0 Å². The number of hydrogen-bond acceptors (Lipinski definition) is 3. The molecule has 0 bridgehead atoms. The Labute approximate surface area is 103 Å². The summed E-state index contributed by atoms with van der Waals surface area (Å²) in [6, 6.07) is 6.88. The van der Waals surface area contributed by atoms with Gasteiger partial charge >= 0.3 is 0 Å². The summed E-state index contributed by atoms with van der Waals surface area (Å²) < 4.78 is 24.2. The fraction of sp³-hybridized carbons (Fsp3) is 0.385. The first-order chi connectivity index (χ1) is 7.97. The molecule has 1 aromatic carbocycles. The van der Waals surface area contributed by atoms with Gasteiger partial charge in [0, 0.05) is 6.54 Å². The first kappa shape index (κ1) is 13.9. The second kappa shape index (κ2) is 5.98. The second-order valence-corrected chi connectivity index (χ2v) is 6.27. The SMILES string of the molecule is CC(C)C=CCS(=O)(=O)c1ccccc1CN. The molecule has 0 heterocycles. The van der Waals surface area contributed by atoms with E-state index in [0.717, 1.165) is 0 Å². The molecule has 0 aliphatic heterocycles. The van der Waals surface area contributed by atoms with Crippen LogP contribution in [0.3, 0.4) is 0 Å². The van der Waals surface area contributed by atoms with Crippen molar-refractivity contribution < 1.29 is 8.42 Å². The average molecular weight is 253 g/mol. The van der Waals surface area contributed by atoms with E-state index in [2.05, 4.69) is 0 Å². The Morgan fingerprint density at radius 2 is 1.94 bits per heavy atom. The third-order valence-electron chi connectivity index (χ3n) is 2.36. The van der Waals surface area contributed by atoms with E-state index in [1.165, 1.54) is 0 Å². The lowest BCUT2D eigenvalue weighted by Crippen LogP contribution is -2.10. The monoisotopic (exact) mass is 253 g/mol. The van der Waals surface area contributed by atoms with Gasteiger partial charge in [-0.25, -0.2) is 8.42 Å². The highest BCUT2D eigenvalue weighted by molar-refractivity contribution is 7.91. The van der Waals surface area contributed by atoms with Gasteiger partial charge in [-0.15, -0.1) is 0 Å². The van der Waals surface area contributed by atoms with E-state index in [1.807, 2.05) is 19.9 Å². The fourth-order valence-corrected chi connectivity index (χ4v) is 2.90. The van der Waals surface area contributed by atoms with Crippen molar-refractivity contribution in [3.05, 3.63) is 42.0 Å². The summed E-state index contributed by atoms with van der Waals surface area (Å²) in [5.41, 5.74) is 6.21. The Kier molecular flexibility index (Phi) is 4.90. The van der Waals surface area contributed by atoms with Crippen molar-refractivity contribution in [1.82, 2.24) is 0 Å². The molecule has 0 atom stereocenters. The predicted octanol–water partition coefficient (Wildman–Crippen LogP) is 2.13. The number of nitrogens with two attached hydrogens (primary N) is 1. The van der Waals surface area contributed by atoms with E-state index in [4.69, 9.17) is 5.73 Å². The van der Waals surface area contributed by atoms with Gasteiger partial charge in [-0.05, 0) is 17.5 Å². The summed E-state index contributed by atoms with van der Waals surface area (Å²) in [5.74, 6) is 0.386. The van der Waals surface area contributed by atoms with Gasteiger partial charge in [0.25, 0.3) is 0 Å². The van der Waals surface area contributed by atoms with Crippen molar-refractivity contribution in [2.24, 2.45) is 11.7 Å². The molecule has 1 aromatic rings. The molecule has 0 aromatic heterocycles. The lowest BCUT2D eigenvalue weighted by Gasteiger charge is -2.07. The predicted molar refractivity (Wildman–Crippen MR) is 70.4 cm³/mol. The summed E-state index contributed by atoms with van der Waals surface area (Å²) in [6.07, 6.45) is 3.59. The molecule has 2 N–H and O–H groups in total. The lowest BCUT2D eigenvalue weighted by molar-refractivity contribution is 0.597. The minimum Gasteiger partial charge on any atom is -0.326 e. The molecule has 17 heavy (non-hydrogen) atoms. The zero-order valence-electron chi connectivity index (χ0n) is 10.3. The van der Waals surface area contributed by atoms with Crippen LogP contribution < -0.4 is 5.73 Å². The summed E-state index contributed by atoms with van der Waals surface area (Å²) in [7, 11) is -3.27. The summed E-state index contributed by atoms with van der Waals surface area (Å²) in [4.78, 5) is 0.343. The third-order valence-corrected chi connectivity index (χ3v) is 4.06. The normalized spacial score (nSPS) is 12.5. The van der Waals surface area contributed by atoms with E-state index in [1.54, 1.807) is 30.3 Å². The molecule has 0 aliphatic rings. The smallest absolute Gasteiger partial charge is 0.182 e. The highest BCUT2D eigenvalue weighted by Gasteiger charge is 2.15. The Bertz CT molecular complexity index is 490. The van der Waals surface area contributed by atoms with Gasteiger partial charge in [-0.1, -0.05) is 44.2 Å². The maximum Gasteiger partial charge on any atom is 0.182 e. The molecule has 0 radical (unpaired) electrons. The maximum atomic E-state index is 12.1. The Hall–Kier alpha value is -1.13. The average Bonchev–Trinajstić information content (AvgIpc) is 2.28. The first-order valence-electron chi connectivity index (χ1n) is 5.64. The molecule has 0 fully saturated rings. The van der Waals surface area contributed by atoms with Crippen molar-refractivity contribution in [2.75, 3.05) is 5.75 Å². The molecule has 0 spiro atoms. The van der Waals surface area contributed by atoms with Gasteiger partial charge in [-0.2, -0.15) is 0 Å². The third kappa shape index (κ3) is 3.98. The fourth-order valence-electron chi connectivity index (χ4n) is 1.52. The van der Waals surface area contributed by atoms with E-state index < -0.39 is 9.84 Å². The molecule has 3 nitrogen and oxygen atoms in total. The van der Waals surface area contributed by atoms with Crippen molar-refractivity contribution in [3.8, 4) is 0 Å². The van der Waals surface area contributed by atoms with Gasteiger partial charge in [0.1, 0.15) is 0 Å². The number of rotatable bonds is 5. The van der Waals surface area contributed by atoms with E-state index in [0.29, 0.717) is 16.4 Å². The van der Waals surface area contributed by atoms with Gasteiger partial charge in [0.2, 0.25) is 0 Å². The molecule has 0 saturated carbocycles. The molecule has 0 unspecified atom stereocenters. The van der Waals surface area contributed by atoms with Crippen molar-refractivity contribution in [1.29, 1.82) is 0 Å². The van der Waals surface area contributed by atoms with Crippen LogP contribution in [0.25, 0.3) is 0 Å². The van der Waals surface area contributed by atoms with Gasteiger partial charge in [0.05, 0.1) is 10.6 Å². The lowest BCUT2D eigenvalue weighted by atomic mass is 10.2. The van der Waals surface area contributed by atoms with Crippen molar-refractivity contribution in [3.63, 3.8) is 0 Å². The molecule has 4 heteroatoms. The molecule has 0 amide bonds. The topological polar surface area (TPSA) is 60.2 Å². The van der Waals surface area contributed by atoms with Gasteiger partial charge in [-0.3, -0.25) is 0 Å². The first-order valence-corrected chi connectivity index (χ1v) is 7.30. The summed E-state index contributed by atoms with van der Waals surface area (Å²) >= 11 is 0. The van der Waals surface area contributed by atoms with Crippen molar-refractivity contribution in [2.45, 2.75) is 25.3 Å². The molecule has 0 aliphatic carbocycles.